The third kappa shape index (κ3) is 4.28. The van der Waals surface area contributed by atoms with E-state index in [0.717, 1.165) is 0 Å². The molecule has 0 saturated heterocycles. The molecule has 0 aromatic heterocycles. The molecule has 2 rings (SSSR count). The highest BCUT2D eigenvalue weighted by Crippen LogP contribution is 2.52. The molecule has 3 heteroatoms. The molecule has 0 heterocycles. The van der Waals surface area contributed by atoms with Crippen LogP contribution in [-0.2, 0) is 4.79 Å². The van der Waals surface area contributed by atoms with Gasteiger partial charge in [-0.05, 0) is 62.0 Å². The van der Waals surface area contributed by atoms with Crippen molar-refractivity contribution in [3.05, 3.63) is 33.8 Å². The molecule has 122 valence electrons. The Bertz CT molecular complexity index is 522. The van der Waals surface area contributed by atoms with Crippen molar-refractivity contribution in [2.75, 3.05) is 5.75 Å². The molecule has 0 radical (unpaired) electrons. The number of thioether (sulfide) groups is 1. The highest BCUT2D eigenvalue weighted by atomic mass is 32.2. The molecule has 22 heavy (non-hydrogen) atoms. The number of fused-ring (bicyclic) bond motifs is 2. The molecule has 0 spiro atoms. The van der Waals surface area contributed by atoms with E-state index >= 15 is 0 Å². The van der Waals surface area contributed by atoms with Gasteiger partial charge in [-0.1, -0.05) is 31.6 Å². The van der Waals surface area contributed by atoms with Crippen LogP contribution in [0.25, 0.3) is 0 Å². The lowest BCUT2D eigenvalue weighted by Crippen LogP contribution is -2.14. The molecule has 2 aliphatic rings. The minimum absolute atomic E-state index is 0.237. The summed E-state index contributed by atoms with van der Waals surface area (Å²) in [5.74, 6) is 1.87. The van der Waals surface area contributed by atoms with Crippen molar-refractivity contribution >= 4 is 17.7 Å². The van der Waals surface area contributed by atoms with E-state index in [2.05, 4.69) is 39.8 Å². The normalized spacial score (nSPS) is 26.0. The number of carboxylic acids is 1. The lowest BCUT2D eigenvalue weighted by Gasteiger charge is -2.28. The standard InChI is InChI=1S/C19H28O2S/c1-12(2)9-16-14-5-6-15(11-14)17(10-13(3)4)19(16)22-8-7-18(20)21/h9-10,12,14-15H,5-8,11H2,1-4H3,(H,20,21)/b16-9+. The zero-order valence-corrected chi connectivity index (χ0v) is 15.0. The Morgan fingerprint density at radius 3 is 2.59 bits per heavy atom. The first-order chi connectivity index (χ1) is 10.4. The van der Waals surface area contributed by atoms with Crippen LogP contribution in [0, 0.1) is 17.8 Å². The molecule has 2 unspecified atom stereocenters. The maximum Gasteiger partial charge on any atom is 0.304 e. The number of rotatable bonds is 6. The molecule has 0 aromatic carbocycles. The summed E-state index contributed by atoms with van der Waals surface area (Å²) < 4.78 is 0. The van der Waals surface area contributed by atoms with Crippen LogP contribution in [0.1, 0.15) is 53.4 Å². The maximum atomic E-state index is 10.8. The molecule has 2 atom stereocenters. The van der Waals surface area contributed by atoms with Gasteiger partial charge >= 0.3 is 5.97 Å². The molecule has 0 aliphatic heterocycles. The van der Waals surface area contributed by atoms with Gasteiger partial charge in [0.25, 0.3) is 0 Å². The van der Waals surface area contributed by atoms with Crippen molar-refractivity contribution in [2.24, 2.45) is 17.8 Å². The van der Waals surface area contributed by atoms with E-state index in [1.807, 2.05) is 0 Å². The van der Waals surface area contributed by atoms with Crippen molar-refractivity contribution in [1.29, 1.82) is 0 Å². The van der Waals surface area contributed by atoms with Gasteiger partial charge in [0.2, 0.25) is 0 Å². The SMILES string of the molecule is CC(C)=CC1=C(SCCC(=O)O)/C(=C/C(C)C)C2CCC1C2. The summed E-state index contributed by atoms with van der Waals surface area (Å²) in [6.07, 6.45) is 8.83. The molecule has 1 fully saturated rings. The fourth-order valence-corrected chi connectivity index (χ4v) is 4.83. The second-order valence-corrected chi connectivity index (χ2v) is 8.18. The van der Waals surface area contributed by atoms with Crippen molar-refractivity contribution < 1.29 is 9.90 Å². The van der Waals surface area contributed by atoms with Gasteiger partial charge < -0.3 is 5.11 Å². The summed E-state index contributed by atoms with van der Waals surface area (Å²) >= 11 is 1.76. The van der Waals surface area contributed by atoms with E-state index in [1.54, 1.807) is 11.8 Å². The highest BCUT2D eigenvalue weighted by molar-refractivity contribution is 8.03. The Balaban J connectivity index is 2.37. The zero-order chi connectivity index (χ0) is 16.3. The van der Waals surface area contributed by atoms with Gasteiger partial charge in [-0.25, -0.2) is 0 Å². The monoisotopic (exact) mass is 320 g/mol. The largest absolute Gasteiger partial charge is 0.481 e. The Morgan fingerprint density at radius 1 is 1.32 bits per heavy atom. The lowest BCUT2D eigenvalue weighted by atomic mass is 9.83. The summed E-state index contributed by atoms with van der Waals surface area (Å²) in [6.45, 7) is 8.77. The lowest BCUT2D eigenvalue weighted by molar-refractivity contribution is -0.136. The van der Waals surface area contributed by atoms with Crippen LogP contribution in [0.5, 0.6) is 0 Å². The van der Waals surface area contributed by atoms with Crippen LogP contribution in [0.3, 0.4) is 0 Å². The second-order valence-electron chi connectivity index (χ2n) is 7.07. The molecule has 2 aliphatic carbocycles. The van der Waals surface area contributed by atoms with E-state index in [1.165, 1.54) is 40.9 Å². The predicted octanol–water partition coefficient (Wildman–Crippen LogP) is 5.43. The van der Waals surface area contributed by atoms with Crippen molar-refractivity contribution in [2.45, 2.75) is 53.4 Å². The van der Waals surface area contributed by atoms with Gasteiger partial charge in [-0.15, -0.1) is 11.8 Å². The first-order valence-corrected chi connectivity index (χ1v) is 9.32. The summed E-state index contributed by atoms with van der Waals surface area (Å²) in [5, 5.41) is 8.93. The van der Waals surface area contributed by atoms with E-state index in [-0.39, 0.29) is 6.42 Å². The average Bonchev–Trinajstić information content (AvgIpc) is 2.83. The number of carboxylic acid groups (broad SMARTS) is 1. The van der Waals surface area contributed by atoms with Crippen molar-refractivity contribution in [1.82, 2.24) is 0 Å². The maximum absolute atomic E-state index is 10.8. The van der Waals surface area contributed by atoms with Gasteiger partial charge in [-0.2, -0.15) is 0 Å². The van der Waals surface area contributed by atoms with E-state index in [9.17, 15) is 4.79 Å². The van der Waals surface area contributed by atoms with Crippen LogP contribution >= 0.6 is 11.8 Å². The Labute approximate surface area is 138 Å². The van der Waals surface area contributed by atoms with Gasteiger partial charge in [0, 0.05) is 10.7 Å². The predicted molar refractivity (Wildman–Crippen MR) is 94.9 cm³/mol. The smallest absolute Gasteiger partial charge is 0.304 e. The molecule has 0 amide bonds. The Hall–Kier alpha value is -0.960. The number of allylic oxidation sites excluding steroid dienone is 5. The zero-order valence-electron chi connectivity index (χ0n) is 14.2. The molecule has 1 saturated carbocycles. The summed E-state index contributed by atoms with van der Waals surface area (Å²) in [6, 6.07) is 0. The van der Waals surface area contributed by atoms with Crippen molar-refractivity contribution in [3.8, 4) is 0 Å². The molecule has 2 nitrogen and oxygen atoms in total. The van der Waals surface area contributed by atoms with Crippen LogP contribution < -0.4 is 0 Å². The highest BCUT2D eigenvalue weighted by Gasteiger charge is 2.37. The Kier molecular flexibility index (Phi) is 5.96. The van der Waals surface area contributed by atoms with E-state index < -0.39 is 5.97 Å². The first-order valence-electron chi connectivity index (χ1n) is 8.34. The van der Waals surface area contributed by atoms with Crippen LogP contribution in [0.2, 0.25) is 0 Å². The van der Waals surface area contributed by atoms with Gasteiger partial charge in [0.1, 0.15) is 0 Å². The van der Waals surface area contributed by atoms with Crippen molar-refractivity contribution in [3.63, 3.8) is 0 Å². The molecule has 0 aromatic rings. The summed E-state index contributed by atoms with van der Waals surface area (Å²) in [7, 11) is 0. The van der Waals surface area contributed by atoms with Crippen LogP contribution in [-0.4, -0.2) is 16.8 Å². The second kappa shape index (κ2) is 7.54. The molecular weight excluding hydrogens is 292 g/mol. The van der Waals surface area contributed by atoms with Gasteiger partial charge in [-0.3, -0.25) is 4.79 Å². The fraction of sp³-hybridized carbons (Fsp3) is 0.632. The third-order valence-corrected chi connectivity index (χ3v) is 5.52. The summed E-state index contributed by atoms with van der Waals surface area (Å²) in [5.41, 5.74) is 4.29. The number of hydrogen-bond donors (Lipinski definition) is 1. The minimum atomic E-state index is -0.704. The molecular formula is C19H28O2S. The van der Waals surface area contributed by atoms with Gasteiger partial charge in [0.05, 0.1) is 6.42 Å². The quantitative estimate of drug-likeness (QED) is 0.709. The average molecular weight is 320 g/mol. The first kappa shape index (κ1) is 17.4. The summed E-state index contributed by atoms with van der Waals surface area (Å²) in [4.78, 5) is 12.2. The third-order valence-electron chi connectivity index (χ3n) is 4.36. The topological polar surface area (TPSA) is 37.3 Å². The van der Waals surface area contributed by atoms with E-state index in [0.29, 0.717) is 23.5 Å². The Morgan fingerprint density at radius 2 is 2.00 bits per heavy atom. The number of hydrogen-bond acceptors (Lipinski definition) is 2. The van der Waals surface area contributed by atoms with Crippen LogP contribution in [0.4, 0.5) is 0 Å². The number of carbonyl (C=O) groups is 1. The fourth-order valence-electron chi connectivity index (χ4n) is 3.56. The molecule has 1 N–H and O–H groups in total. The van der Waals surface area contributed by atoms with E-state index in [4.69, 9.17) is 5.11 Å². The van der Waals surface area contributed by atoms with Crippen LogP contribution in [0.15, 0.2) is 33.8 Å². The number of aliphatic carboxylic acids is 1. The van der Waals surface area contributed by atoms with Gasteiger partial charge in [0.15, 0.2) is 0 Å². The minimum Gasteiger partial charge on any atom is -0.481 e. The molecule has 2 bridgehead atoms.